The van der Waals surface area contributed by atoms with Gasteiger partial charge >= 0.3 is 11.9 Å². The second-order valence-corrected chi connectivity index (χ2v) is 13.9. The van der Waals surface area contributed by atoms with Crippen molar-refractivity contribution in [3.05, 3.63) is 39.2 Å². The highest BCUT2D eigenvalue weighted by Gasteiger charge is 2.73. The van der Waals surface area contributed by atoms with Gasteiger partial charge in [0.25, 0.3) is 0 Å². The van der Waals surface area contributed by atoms with E-state index < -0.39 is 58.5 Å². The lowest BCUT2D eigenvalue weighted by atomic mass is 9.69. The zero-order valence-corrected chi connectivity index (χ0v) is 26.4. The summed E-state index contributed by atoms with van der Waals surface area (Å²) in [7, 11) is 1.36. The van der Waals surface area contributed by atoms with Crippen LogP contribution in [0.5, 0.6) is 17.2 Å². The quantitative estimate of drug-likeness (QED) is 0.198. The summed E-state index contributed by atoms with van der Waals surface area (Å²) in [5.41, 5.74) is 1.71. The minimum atomic E-state index is -0.994. The molecule has 1 aromatic rings. The first-order chi connectivity index (χ1) is 22.0. The van der Waals surface area contributed by atoms with Crippen molar-refractivity contribution in [3.63, 3.8) is 0 Å². The molecular formula is C32H29N3O10S. The number of thioether (sulfide) groups is 1. The molecule has 0 N–H and O–H groups in total. The highest BCUT2D eigenvalue weighted by molar-refractivity contribution is 8.00. The lowest BCUT2D eigenvalue weighted by Crippen LogP contribution is -2.79. The Hall–Kier alpha value is -4.19. The summed E-state index contributed by atoms with van der Waals surface area (Å²) < 4.78 is 28.8. The fourth-order valence-electron chi connectivity index (χ4n) is 8.98. The van der Waals surface area contributed by atoms with E-state index in [0.29, 0.717) is 45.8 Å². The maximum Gasteiger partial charge on any atom is 0.375 e. The standard InChI is InChI=1S/C32H29N3O10S/c1-11-24(38)21-20(25(39)27(11)41-5)22-23-30-19-18(29-28(43-10-44-29)12(2)26(19)45-13(3)36)16(8-42-31(40)17(37)9-46-30)34(23)15(7-33)14-6-32(21,4)35(14)22/h14-16,22-23,30H,6,8-10H2,1-5H3/t14?,15-,16-,22?,23?,30+,32?/m0/s1. The maximum absolute atomic E-state index is 14.3. The molecule has 1 aliphatic carbocycles. The fraction of sp³-hybridized carbons (Fsp3) is 0.500. The van der Waals surface area contributed by atoms with Crippen LogP contribution in [0.3, 0.4) is 0 Å². The SMILES string of the molecule is COC1=C(C)C(=O)C2=C(C1=O)C1C3[C@@H]4SCC(=O)C(=O)OC[C@@H](c5c6c(c(C)c(OC(C)=O)c54)OCO6)N3[C@@H](C#N)C3CC2(C)N13. The van der Waals surface area contributed by atoms with Gasteiger partial charge in [0, 0.05) is 52.4 Å². The van der Waals surface area contributed by atoms with Gasteiger partial charge in [-0.15, -0.1) is 11.8 Å². The van der Waals surface area contributed by atoms with E-state index in [1.165, 1.54) is 14.0 Å². The molecule has 238 valence electrons. The smallest absolute Gasteiger partial charge is 0.375 e. The van der Waals surface area contributed by atoms with Crippen LogP contribution in [0.25, 0.3) is 0 Å². The number of rotatable bonds is 2. The van der Waals surface area contributed by atoms with Gasteiger partial charge in [-0.1, -0.05) is 0 Å². The Kier molecular flexibility index (Phi) is 6.14. The van der Waals surface area contributed by atoms with E-state index in [1.807, 2.05) is 11.8 Å². The van der Waals surface area contributed by atoms with E-state index in [1.54, 1.807) is 13.8 Å². The molecule has 4 unspecified atom stereocenters. The van der Waals surface area contributed by atoms with Gasteiger partial charge in [0.15, 0.2) is 23.0 Å². The number of ether oxygens (including phenoxy) is 5. The van der Waals surface area contributed by atoms with Crippen molar-refractivity contribution >= 4 is 41.1 Å². The first-order valence-electron chi connectivity index (χ1n) is 15.0. The van der Waals surface area contributed by atoms with Crippen LogP contribution >= 0.6 is 11.8 Å². The number of methoxy groups -OCH3 is 1. The monoisotopic (exact) mass is 647 g/mol. The molecule has 6 aliphatic heterocycles. The second kappa shape index (κ2) is 9.66. The van der Waals surface area contributed by atoms with Gasteiger partial charge in [-0.2, -0.15) is 5.26 Å². The Morgan fingerprint density at radius 1 is 1.09 bits per heavy atom. The minimum absolute atomic E-state index is 0.0256. The van der Waals surface area contributed by atoms with Crippen molar-refractivity contribution < 1.29 is 47.7 Å². The van der Waals surface area contributed by atoms with Gasteiger partial charge < -0.3 is 23.7 Å². The van der Waals surface area contributed by atoms with Crippen molar-refractivity contribution in [2.24, 2.45) is 0 Å². The zero-order chi connectivity index (χ0) is 32.6. The van der Waals surface area contributed by atoms with Crippen molar-refractivity contribution in [2.45, 2.75) is 75.1 Å². The van der Waals surface area contributed by atoms with Crippen LogP contribution in [0, 0.1) is 18.3 Å². The molecular weight excluding hydrogens is 618 g/mol. The fourth-order valence-corrected chi connectivity index (χ4v) is 10.3. The van der Waals surface area contributed by atoms with Gasteiger partial charge in [-0.05, 0) is 27.2 Å². The van der Waals surface area contributed by atoms with E-state index in [4.69, 9.17) is 23.7 Å². The molecule has 13 nitrogen and oxygen atoms in total. The topological polar surface area (TPSA) is 162 Å². The van der Waals surface area contributed by atoms with E-state index >= 15 is 0 Å². The third-order valence-corrected chi connectivity index (χ3v) is 11.9. The Labute approximate surface area is 267 Å². The van der Waals surface area contributed by atoms with Crippen molar-refractivity contribution in [1.82, 2.24) is 9.80 Å². The van der Waals surface area contributed by atoms with Crippen LogP contribution < -0.4 is 14.2 Å². The highest BCUT2D eigenvalue weighted by Crippen LogP contribution is 2.66. The summed E-state index contributed by atoms with van der Waals surface area (Å²) in [6, 6.07) is -0.904. The normalized spacial score (nSPS) is 34.3. The first kappa shape index (κ1) is 29.2. The molecule has 46 heavy (non-hydrogen) atoms. The number of carbonyl (C=O) groups is 5. The summed E-state index contributed by atoms with van der Waals surface area (Å²) in [6.45, 7) is 6.11. The summed E-state index contributed by atoms with van der Waals surface area (Å²) >= 11 is 1.14. The Balaban J connectivity index is 1.44. The summed E-state index contributed by atoms with van der Waals surface area (Å²) in [5.74, 6) is -2.32. The Bertz CT molecular complexity index is 1840. The van der Waals surface area contributed by atoms with Crippen LogP contribution in [0.2, 0.25) is 0 Å². The zero-order valence-electron chi connectivity index (χ0n) is 25.6. The molecule has 14 heteroatoms. The van der Waals surface area contributed by atoms with E-state index in [2.05, 4.69) is 11.0 Å². The van der Waals surface area contributed by atoms with Gasteiger partial charge in [-0.3, -0.25) is 29.0 Å². The van der Waals surface area contributed by atoms with Crippen LogP contribution in [0.15, 0.2) is 22.5 Å². The number of Topliss-reactive ketones (excluding diaryl/α,β-unsaturated/α-hetero) is 3. The number of esters is 2. The van der Waals surface area contributed by atoms with E-state index in [-0.39, 0.29) is 48.1 Å². The number of hydrogen-bond donors (Lipinski definition) is 0. The maximum atomic E-state index is 14.3. The average molecular weight is 648 g/mol. The molecule has 0 amide bonds. The third-order valence-electron chi connectivity index (χ3n) is 10.6. The van der Waals surface area contributed by atoms with Gasteiger partial charge in [0.2, 0.25) is 18.4 Å². The molecule has 1 aromatic carbocycles. The van der Waals surface area contributed by atoms with Gasteiger partial charge in [0.1, 0.15) is 18.4 Å². The molecule has 7 aliphatic rings. The van der Waals surface area contributed by atoms with Crippen molar-refractivity contribution in [3.8, 4) is 23.3 Å². The predicted molar refractivity (Wildman–Crippen MR) is 157 cm³/mol. The number of carbonyl (C=O) groups excluding carboxylic acids is 5. The number of nitrogens with zero attached hydrogens (tertiary/aromatic N) is 3. The molecule has 6 heterocycles. The molecule has 8 rings (SSSR count). The molecule has 2 bridgehead atoms. The molecule has 3 fully saturated rings. The number of nitriles is 1. The van der Waals surface area contributed by atoms with E-state index in [0.717, 1.165) is 11.8 Å². The van der Waals surface area contributed by atoms with Crippen LogP contribution in [0.1, 0.15) is 55.2 Å². The lowest BCUT2D eigenvalue weighted by Gasteiger charge is -2.67. The van der Waals surface area contributed by atoms with Gasteiger partial charge in [0.05, 0.1) is 41.8 Å². The molecule has 0 radical (unpaired) electrons. The molecule has 7 atom stereocenters. The lowest BCUT2D eigenvalue weighted by molar-refractivity contribution is -0.168. The number of hydrogen-bond acceptors (Lipinski definition) is 14. The number of piperazine rings is 1. The summed E-state index contributed by atoms with van der Waals surface area (Å²) in [6.07, 6.45) is 0.443. The van der Waals surface area contributed by atoms with Gasteiger partial charge in [-0.25, -0.2) is 4.79 Å². The van der Waals surface area contributed by atoms with Crippen molar-refractivity contribution in [2.75, 3.05) is 26.3 Å². The number of benzene rings is 1. The number of fused-ring (bicyclic) bond motifs is 7. The Morgan fingerprint density at radius 2 is 1.83 bits per heavy atom. The van der Waals surface area contributed by atoms with Crippen LogP contribution in [-0.2, 0) is 33.4 Å². The number of ketones is 3. The first-order valence-corrected chi connectivity index (χ1v) is 16.0. The summed E-state index contributed by atoms with van der Waals surface area (Å²) in [5, 5.41) is 10.1. The van der Waals surface area contributed by atoms with E-state index in [9.17, 15) is 29.2 Å². The summed E-state index contributed by atoms with van der Waals surface area (Å²) in [4.78, 5) is 70.6. The molecule has 0 spiro atoms. The second-order valence-electron chi connectivity index (χ2n) is 12.7. The van der Waals surface area contributed by atoms with Crippen molar-refractivity contribution in [1.29, 1.82) is 5.26 Å². The molecule has 0 saturated carbocycles. The van der Waals surface area contributed by atoms with Crippen LogP contribution in [-0.4, -0.2) is 95.1 Å². The molecule has 3 saturated heterocycles. The number of allylic oxidation sites excluding steroid dienone is 2. The minimum Gasteiger partial charge on any atom is -0.492 e. The van der Waals surface area contributed by atoms with Crippen LogP contribution in [0.4, 0.5) is 0 Å². The highest BCUT2D eigenvalue weighted by atomic mass is 32.2. The number of cyclic esters (lactones) is 1. The molecule has 0 aromatic heterocycles. The predicted octanol–water partition coefficient (Wildman–Crippen LogP) is 1.76. The average Bonchev–Trinajstić information content (AvgIpc) is 3.59. The Morgan fingerprint density at radius 3 is 2.52 bits per heavy atom. The largest absolute Gasteiger partial charge is 0.492 e. The third kappa shape index (κ3) is 3.40.